The van der Waals surface area contributed by atoms with Gasteiger partial charge in [-0.25, -0.2) is 0 Å². The maximum Gasteiger partial charge on any atom is 0.144 e. The van der Waals surface area contributed by atoms with Gasteiger partial charge in [-0.1, -0.05) is 32.8 Å². The molecule has 104 valence electrons. The standard InChI is InChI=1S/C17H25NO/c1-13(2)11-17(8-4-5-9-17)16(19)10-15-7-6-14(3)12-18-15/h6-7,12-13H,4-5,8-11H2,1-3H3. The van der Waals surface area contributed by atoms with Crippen LogP contribution in [0.1, 0.15) is 57.2 Å². The number of nitrogens with zero attached hydrogens (tertiary/aromatic N) is 1. The van der Waals surface area contributed by atoms with Crippen molar-refractivity contribution in [2.24, 2.45) is 11.3 Å². The topological polar surface area (TPSA) is 30.0 Å². The van der Waals surface area contributed by atoms with Gasteiger partial charge in [0.05, 0.1) is 0 Å². The van der Waals surface area contributed by atoms with Crippen LogP contribution in [0.25, 0.3) is 0 Å². The van der Waals surface area contributed by atoms with E-state index in [2.05, 4.69) is 18.8 Å². The number of Topliss-reactive ketones (excluding diaryl/α,β-unsaturated/α-hetero) is 1. The molecule has 0 amide bonds. The number of aromatic nitrogens is 1. The Bertz CT molecular complexity index is 427. The molecule has 0 N–H and O–H groups in total. The Hall–Kier alpha value is -1.18. The monoisotopic (exact) mass is 259 g/mol. The van der Waals surface area contributed by atoms with E-state index in [4.69, 9.17) is 0 Å². The molecule has 0 aliphatic heterocycles. The normalized spacial score (nSPS) is 17.9. The van der Waals surface area contributed by atoms with E-state index in [-0.39, 0.29) is 5.41 Å². The lowest BCUT2D eigenvalue weighted by Gasteiger charge is -2.29. The minimum atomic E-state index is -0.0548. The number of carbonyl (C=O) groups excluding carboxylic acids is 1. The zero-order valence-electron chi connectivity index (χ0n) is 12.4. The molecule has 0 unspecified atom stereocenters. The molecule has 0 saturated heterocycles. The van der Waals surface area contributed by atoms with Crippen molar-refractivity contribution in [3.05, 3.63) is 29.6 Å². The molecule has 1 aromatic heterocycles. The molecule has 0 radical (unpaired) electrons. The van der Waals surface area contributed by atoms with Crippen LogP contribution in [0.5, 0.6) is 0 Å². The first kappa shape index (κ1) is 14.2. The largest absolute Gasteiger partial charge is 0.299 e. The van der Waals surface area contributed by atoms with Crippen LogP contribution in [0, 0.1) is 18.3 Å². The molecule has 1 heterocycles. The number of carbonyl (C=O) groups is 1. The molecule has 2 heteroatoms. The summed E-state index contributed by atoms with van der Waals surface area (Å²) >= 11 is 0. The second kappa shape index (κ2) is 5.85. The highest BCUT2D eigenvalue weighted by Crippen LogP contribution is 2.44. The van der Waals surface area contributed by atoms with E-state index < -0.39 is 0 Å². The third-order valence-electron chi connectivity index (χ3n) is 4.27. The molecule has 1 aliphatic rings. The van der Waals surface area contributed by atoms with Crippen LogP contribution in [0.4, 0.5) is 0 Å². The van der Waals surface area contributed by atoms with Gasteiger partial charge in [-0.3, -0.25) is 9.78 Å². The highest BCUT2D eigenvalue weighted by Gasteiger charge is 2.40. The van der Waals surface area contributed by atoms with Gasteiger partial charge in [-0.05, 0) is 43.7 Å². The minimum Gasteiger partial charge on any atom is -0.299 e. The molecular formula is C17H25NO. The van der Waals surface area contributed by atoms with Gasteiger partial charge in [0, 0.05) is 23.7 Å². The summed E-state index contributed by atoms with van der Waals surface area (Å²) in [7, 11) is 0. The predicted octanol–water partition coefficient (Wildman–Crippen LogP) is 4.11. The molecule has 1 saturated carbocycles. The smallest absolute Gasteiger partial charge is 0.144 e. The van der Waals surface area contributed by atoms with Crippen LogP contribution in [-0.4, -0.2) is 10.8 Å². The third kappa shape index (κ3) is 3.43. The Morgan fingerprint density at radius 2 is 2.00 bits per heavy atom. The highest BCUT2D eigenvalue weighted by atomic mass is 16.1. The lowest BCUT2D eigenvalue weighted by molar-refractivity contribution is -0.128. The first-order chi connectivity index (χ1) is 9.02. The van der Waals surface area contributed by atoms with E-state index in [1.54, 1.807) is 0 Å². The van der Waals surface area contributed by atoms with E-state index in [0.29, 0.717) is 18.1 Å². The zero-order chi connectivity index (χ0) is 13.9. The lowest BCUT2D eigenvalue weighted by Crippen LogP contribution is -2.31. The molecule has 2 rings (SSSR count). The fourth-order valence-corrected chi connectivity index (χ4v) is 3.39. The van der Waals surface area contributed by atoms with Gasteiger partial charge in [0.25, 0.3) is 0 Å². The molecule has 0 aromatic carbocycles. The fraction of sp³-hybridized carbons (Fsp3) is 0.647. The van der Waals surface area contributed by atoms with Gasteiger partial charge in [-0.15, -0.1) is 0 Å². The van der Waals surface area contributed by atoms with Gasteiger partial charge in [-0.2, -0.15) is 0 Å². The first-order valence-electron chi connectivity index (χ1n) is 7.47. The number of aryl methyl sites for hydroxylation is 1. The second-order valence-electron chi connectivity index (χ2n) is 6.51. The first-order valence-corrected chi connectivity index (χ1v) is 7.47. The second-order valence-corrected chi connectivity index (χ2v) is 6.51. The number of hydrogen-bond donors (Lipinski definition) is 0. The van der Waals surface area contributed by atoms with E-state index in [0.717, 1.165) is 30.5 Å². The van der Waals surface area contributed by atoms with Crippen LogP contribution < -0.4 is 0 Å². The Morgan fingerprint density at radius 3 is 2.53 bits per heavy atom. The molecule has 1 aliphatic carbocycles. The van der Waals surface area contributed by atoms with Gasteiger partial charge in [0.15, 0.2) is 0 Å². The van der Waals surface area contributed by atoms with Crippen LogP contribution in [0.15, 0.2) is 18.3 Å². The van der Waals surface area contributed by atoms with Crippen LogP contribution in [0.3, 0.4) is 0 Å². The Morgan fingerprint density at radius 1 is 1.32 bits per heavy atom. The van der Waals surface area contributed by atoms with E-state index >= 15 is 0 Å². The molecular weight excluding hydrogens is 234 g/mol. The van der Waals surface area contributed by atoms with Crippen molar-refractivity contribution in [3.63, 3.8) is 0 Å². The molecule has 0 atom stereocenters. The SMILES string of the molecule is Cc1ccc(CC(=O)C2(CC(C)C)CCCC2)nc1. The van der Waals surface area contributed by atoms with Crippen LogP contribution in [0.2, 0.25) is 0 Å². The number of pyridine rings is 1. The summed E-state index contributed by atoms with van der Waals surface area (Å²) in [6, 6.07) is 4.03. The number of hydrogen-bond acceptors (Lipinski definition) is 2. The van der Waals surface area contributed by atoms with E-state index in [9.17, 15) is 4.79 Å². The summed E-state index contributed by atoms with van der Waals surface area (Å²) in [5.41, 5.74) is 2.01. The molecule has 19 heavy (non-hydrogen) atoms. The van der Waals surface area contributed by atoms with Crippen LogP contribution in [-0.2, 0) is 11.2 Å². The summed E-state index contributed by atoms with van der Waals surface area (Å²) in [4.78, 5) is 17.1. The molecule has 1 fully saturated rings. The van der Waals surface area contributed by atoms with Crippen molar-refractivity contribution < 1.29 is 4.79 Å². The molecule has 0 spiro atoms. The average Bonchev–Trinajstić information content (AvgIpc) is 2.81. The number of rotatable bonds is 5. The quantitative estimate of drug-likeness (QED) is 0.796. The van der Waals surface area contributed by atoms with Gasteiger partial charge >= 0.3 is 0 Å². The van der Waals surface area contributed by atoms with Gasteiger partial charge in [0.1, 0.15) is 5.78 Å². The van der Waals surface area contributed by atoms with Crippen molar-refractivity contribution in [2.75, 3.05) is 0 Å². The molecule has 0 bridgehead atoms. The highest BCUT2D eigenvalue weighted by molar-refractivity contribution is 5.86. The Labute approximate surface area is 116 Å². The maximum absolute atomic E-state index is 12.7. The summed E-state index contributed by atoms with van der Waals surface area (Å²) in [5.74, 6) is 1.00. The average molecular weight is 259 g/mol. The predicted molar refractivity (Wildman–Crippen MR) is 78.0 cm³/mol. The summed E-state index contributed by atoms with van der Waals surface area (Å²) in [6.07, 6.45) is 7.97. The third-order valence-corrected chi connectivity index (χ3v) is 4.27. The van der Waals surface area contributed by atoms with Crippen molar-refractivity contribution in [1.29, 1.82) is 0 Å². The lowest BCUT2D eigenvalue weighted by atomic mass is 9.74. The van der Waals surface area contributed by atoms with Crippen molar-refractivity contribution in [3.8, 4) is 0 Å². The summed E-state index contributed by atoms with van der Waals surface area (Å²) < 4.78 is 0. The zero-order valence-corrected chi connectivity index (χ0v) is 12.4. The molecule has 2 nitrogen and oxygen atoms in total. The van der Waals surface area contributed by atoms with E-state index in [1.807, 2.05) is 25.3 Å². The Balaban J connectivity index is 2.09. The summed E-state index contributed by atoms with van der Waals surface area (Å²) in [6.45, 7) is 6.46. The summed E-state index contributed by atoms with van der Waals surface area (Å²) in [5, 5.41) is 0. The van der Waals surface area contributed by atoms with Crippen molar-refractivity contribution in [2.45, 2.75) is 59.3 Å². The van der Waals surface area contributed by atoms with E-state index in [1.165, 1.54) is 12.8 Å². The van der Waals surface area contributed by atoms with Crippen LogP contribution >= 0.6 is 0 Å². The minimum absolute atomic E-state index is 0.0548. The van der Waals surface area contributed by atoms with Crippen molar-refractivity contribution >= 4 is 5.78 Å². The molecule has 1 aromatic rings. The van der Waals surface area contributed by atoms with Crippen molar-refractivity contribution in [1.82, 2.24) is 4.98 Å². The number of ketones is 1. The maximum atomic E-state index is 12.7. The van der Waals surface area contributed by atoms with Gasteiger partial charge in [0.2, 0.25) is 0 Å². The fourth-order valence-electron chi connectivity index (χ4n) is 3.39. The van der Waals surface area contributed by atoms with Gasteiger partial charge < -0.3 is 0 Å². The Kier molecular flexibility index (Phi) is 4.38.